The number of hydrogen-bond acceptors (Lipinski definition) is 3. The van der Waals surface area contributed by atoms with Crippen LogP contribution in [-0.2, 0) is 10.0 Å². The minimum absolute atomic E-state index is 0.108. The first kappa shape index (κ1) is 11.0. The monoisotopic (exact) mass is 222 g/mol. The third-order valence-electron chi connectivity index (χ3n) is 1.62. The first-order chi connectivity index (χ1) is 6.32. The molecule has 1 aromatic heterocycles. The largest absolute Gasteiger partial charge is 0.265 e. The highest BCUT2D eigenvalue weighted by atomic mass is 32.2. The van der Waals surface area contributed by atoms with Crippen molar-refractivity contribution in [3.8, 4) is 0 Å². The zero-order valence-corrected chi connectivity index (χ0v) is 8.05. The van der Waals surface area contributed by atoms with Crippen LogP contribution in [0.15, 0.2) is 17.2 Å². The van der Waals surface area contributed by atoms with Crippen LogP contribution in [-0.4, -0.2) is 13.4 Å². The summed E-state index contributed by atoms with van der Waals surface area (Å²) in [5.41, 5.74) is -0.350. The van der Waals surface area contributed by atoms with E-state index in [1.165, 1.54) is 6.92 Å². The molecule has 7 heteroatoms. The average Bonchev–Trinajstić information content (AvgIpc) is 2.02. The molecular formula is C7H8F2N2O2S. The third-order valence-corrected chi connectivity index (χ3v) is 2.65. The quantitative estimate of drug-likeness (QED) is 0.810. The van der Waals surface area contributed by atoms with Gasteiger partial charge in [-0.1, -0.05) is 0 Å². The summed E-state index contributed by atoms with van der Waals surface area (Å²) in [6.45, 7) is 1.38. The fraction of sp³-hybridized carbons (Fsp3) is 0.286. The fourth-order valence-corrected chi connectivity index (χ4v) is 1.70. The molecule has 78 valence electrons. The summed E-state index contributed by atoms with van der Waals surface area (Å²) < 4.78 is 46.2. The van der Waals surface area contributed by atoms with Crippen molar-refractivity contribution in [3.63, 3.8) is 0 Å². The number of sulfonamides is 1. The molecule has 1 aromatic rings. The van der Waals surface area contributed by atoms with E-state index >= 15 is 0 Å². The van der Waals surface area contributed by atoms with Gasteiger partial charge in [0.2, 0.25) is 10.0 Å². The van der Waals surface area contributed by atoms with Gasteiger partial charge in [0.05, 0.1) is 5.69 Å². The number of aromatic nitrogens is 1. The molecule has 0 amide bonds. The summed E-state index contributed by atoms with van der Waals surface area (Å²) in [5.74, 6) is 0. The van der Waals surface area contributed by atoms with Gasteiger partial charge >= 0.3 is 0 Å². The molecule has 2 N–H and O–H groups in total. The van der Waals surface area contributed by atoms with Crippen LogP contribution in [0.5, 0.6) is 0 Å². The van der Waals surface area contributed by atoms with Crippen molar-refractivity contribution in [3.05, 3.63) is 23.5 Å². The molecule has 1 heterocycles. The summed E-state index contributed by atoms with van der Waals surface area (Å²) in [7, 11) is -3.99. The number of halogens is 2. The van der Waals surface area contributed by atoms with Gasteiger partial charge in [0.25, 0.3) is 6.43 Å². The Morgan fingerprint density at radius 1 is 1.50 bits per heavy atom. The Labute approximate surface area is 79.8 Å². The normalized spacial score (nSPS) is 12.1. The second-order valence-corrected chi connectivity index (χ2v) is 4.23. The maximum atomic E-state index is 12.2. The van der Waals surface area contributed by atoms with E-state index in [2.05, 4.69) is 4.98 Å². The summed E-state index contributed by atoms with van der Waals surface area (Å²) >= 11 is 0. The molecule has 0 bridgehead atoms. The van der Waals surface area contributed by atoms with Crippen molar-refractivity contribution < 1.29 is 17.2 Å². The number of nitrogens with two attached hydrogens (primary N) is 1. The molecule has 0 spiro atoms. The summed E-state index contributed by atoms with van der Waals surface area (Å²) in [5, 5.41) is 4.81. The molecule has 4 nitrogen and oxygen atoms in total. The fourth-order valence-electron chi connectivity index (χ4n) is 0.935. The second-order valence-electron chi connectivity index (χ2n) is 2.70. The first-order valence-corrected chi connectivity index (χ1v) is 5.14. The van der Waals surface area contributed by atoms with E-state index in [0.29, 0.717) is 0 Å². The number of rotatable bonds is 2. The maximum Gasteiger partial charge on any atom is 0.265 e. The third kappa shape index (κ3) is 2.24. The molecule has 0 aliphatic carbocycles. The minimum Gasteiger partial charge on any atom is -0.260 e. The summed E-state index contributed by atoms with van der Waals surface area (Å²) in [6, 6.07) is 0.836. The highest BCUT2D eigenvalue weighted by Crippen LogP contribution is 2.21. The summed E-state index contributed by atoms with van der Waals surface area (Å²) in [6.07, 6.45) is -1.84. The highest BCUT2D eigenvalue weighted by Gasteiger charge is 2.16. The number of aryl methyl sites for hydroxylation is 1. The molecule has 1 rings (SSSR count). The van der Waals surface area contributed by atoms with Gasteiger partial charge in [0.1, 0.15) is 4.90 Å². The number of pyridine rings is 1. The maximum absolute atomic E-state index is 12.2. The lowest BCUT2D eigenvalue weighted by atomic mass is 10.2. The van der Waals surface area contributed by atoms with Crippen LogP contribution < -0.4 is 5.14 Å². The Balaban J connectivity index is 3.37. The minimum atomic E-state index is -3.99. The van der Waals surface area contributed by atoms with Crippen LogP contribution >= 0.6 is 0 Å². The predicted octanol–water partition coefficient (Wildman–Crippen LogP) is 0.975. The van der Waals surface area contributed by atoms with Crippen LogP contribution in [0.1, 0.15) is 17.7 Å². The first-order valence-electron chi connectivity index (χ1n) is 3.60. The van der Waals surface area contributed by atoms with Gasteiger partial charge in [-0.3, -0.25) is 4.98 Å². The number of hydrogen-bond donors (Lipinski definition) is 1. The highest BCUT2D eigenvalue weighted by molar-refractivity contribution is 7.89. The van der Waals surface area contributed by atoms with Crippen molar-refractivity contribution in [2.45, 2.75) is 18.2 Å². The van der Waals surface area contributed by atoms with Crippen molar-refractivity contribution in [1.82, 2.24) is 4.98 Å². The topological polar surface area (TPSA) is 73.0 Å². The van der Waals surface area contributed by atoms with Crippen molar-refractivity contribution >= 4 is 10.0 Å². The van der Waals surface area contributed by atoms with Crippen molar-refractivity contribution in [2.75, 3.05) is 0 Å². The van der Waals surface area contributed by atoms with Gasteiger partial charge in [0, 0.05) is 11.8 Å². The van der Waals surface area contributed by atoms with E-state index in [-0.39, 0.29) is 10.6 Å². The van der Waals surface area contributed by atoms with E-state index in [1.807, 2.05) is 0 Å². The molecule has 0 atom stereocenters. The second kappa shape index (κ2) is 3.58. The molecule has 0 radical (unpaired) electrons. The molecule has 0 fully saturated rings. The Hall–Kier alpha value is -1.08. The zero-order valence-electron chi connectivity index (χ0n) is 7.24. The van der Waals surface area contributed by atoms with Crippen LogP contribution in [0.25, 0.3) is 0 Å². The average molecular weight is 222 g/mol. The van der Waals surface area contributed by atoms with E-state index in [4.69, 9.17) is 5.14 Å². The Bertz CT molecular complexity index is 445. The predicted molar refractivity (Wildman–Crippen MR) is 45.3 cm³/mol. The van der Waals surface area contributed by atoms with Crippen molar-refractivity contribution in [1.29, 1.82) is 0 Å². The lowest BCUT2D eigenvalue weighted by molar-refractivity contribution is 0.150. The molecular weight excluding hydrogens is 214 g/mol. The SMILES string of the molecule is Cc1ncc(C(F)F)cc1S(N)(=O)=O. The summed E-state index contributed by atoms with van der Waals surface area (Å²) in [4.78, 5) is 3.16. The van der Waals surface area contributed by atoms with E-state index in [0.717, 1.165) is 12.3 Å². The van der Waals surface area contributed by atoms with E-state index < -0.39 is 22.0 Å². The molecule has 0 aliphatic heterocycles. The standard InChI is InChI=1S/C7H8F2N2O2S/c1-4-6(14(10,12)13)2-5(3-11-4)7(8)9/h2-3,7H,1H3,(H2,10,12,13). The van der Waals surface area contributed by atoms with Gasteiger partial charge in [-0.05, 0) is 13.0 Å². The number of alkyl halides is 2. The molecule has 0 aromatic carbocycles. The Morgan fingerprint density at radius 3 is 2.50 bits per heavy atom. The van der Waals surface area contributed by atoms with Crippen LogP contribution in [0.2, 0.25) is 0 Å². The van der Waals surface area contributed by atoms with Crippen molar-refractivity contribution in [2.24, 2.45) is 5.14 Å². The van der Waals surface area contributed by atoms with Gasteiger partial charge in [-0.15, -0.1) is 0 Å². The van der Waals surface area contributed by atoms with Gasteiger partial charge in [-0.25, -0.2) is 22.3 Å². The smallest absolute Gasteiger partial charge is 0.260 e. The van der Waals surface area contributed by atoms with E-state index in [9.17, 15) is 17.2 Å². The van der Waals surface area contributed by atoms with Gasteiger partial charge in [0.15, 0.2) is 0 Å². The lowest BCUT2D eigenvalue weighted by Crippen LogP contribution is -2.14. The molecule has 14 heavy (non-hydrogen) atoms. The lowest BCUT2D eigenvalue weighted by Gasteiger charge is -2.04. The van der Waals surface area contributed by atoms with Crippen LogP contribution in [0.4, 0.5) is 8.78 Å². The van der Waals surface area contributed by atoms with E-state index in [1.54, 1.807) is 0 Å². The van der Waals surface area contributed by atoms with Gasteiger partial charge in [-0.2, -0.15) is 0 Å². The Kier molecular flexibility index (Phi) is 2.81. The Morgan fingerprint density at radius 2 is 2.07 bits per heavy atom. The van der Waals surface area contributed by atoms with Crippen LogP contribution in [0, 0.1) is 6.92 Å². The molecule has 0 aliphatic rings. The molecule has 0 unspecified atom stereocenters. The van der Waals surface area contributed by atoms with Gasteiger partial charge < -0.3 is 0 Å². The number of primary sulfonamides is 1. The molecule has 0 saturated heterocycles. The zero-order chi connectivity index (χ0) is 10.9. The number of nitrogens with zero attached hydrogens (tertiary/aromatic N) is 1. The van der Waals surface area contributed by atoms with Crippen LogP contribution in [0.3, 0.4) is 0 Å². The molecule has 0 saturated carbocycles.